The summed E-state index contributed by atoms with van der Waals surface area (Å²) in [5, 5.41) is 12.4. The van der Waals surface area contributed by atoms with Crippen LogP contribution in [0.4, 0.5) is 0 Å². The van der Waals surface area contributed by atoms with Crippen molar-refractivity contribution in [3.8, 4) is 6.07 Å². The lowest BCUT2D eigenvalue weighted by Crippen LogP contribution is -2.35. The average molecular weight is 370 g/mol. The van der Waals surface area contributed by atoms with Crippen molar-refractivity contribution in [2.24, 2.45) is 0 Å². The van der Waals surface area contributed by atoms with E-state index in [1.165, 1.54) is 37.8 Å². The lowest BCUT2D eigenvalue weighted by Gasteiger charge is -2.26. The summed E-state index contributed by atoms with van der Waals surface area (Å²) >= 11 is 0. The van der Waals surface area contributed by atoms with Crippen LogP contribution in [0.25, 0.3) is 6.08 Å². The second-order valence-corrected chi connectivity index (χ2v) is 7.86. The van der Waals surface area contributed by atoms with Crippen molar-refractivity contribution in [2.75, 3.05) is 13.2 Å². The highest BCUT2D eigenvalue weighted by atomic mass is 16.5. The van der Waals surface area contributed by atoms with Crippen LogP contribution in [0.5, 0.6) is 0 Å². The Kier molecular flexibility index (Phi) is 6.73. The molecule has 2 aliphatic rings. The lowest BCUT2D eigenvalue weighted by molar-refractivity contribution is -0.117. The highest BCUT2D eigenvalue weighted by Gasteiger charge is 2.21. The topological polar surface area (TPSA) is 67.1 Å². The predicted octanol–water partition coefficient (Wildman–Crippen LogP) is 4.20. The van der Waals surface area contributed by atoms with Crippen LogP contribution >= 0.6 is 0 Å². The quantitative estimate of drug-likeness (QED) is 0.625. The van der Waals surface area contributed by atoms with Crippen molar-refractivity contribution in [1.29, 1.82) is 5.26 Å². The molecule has 146 valence electrons. The van der Waals surface area contributed by atoms with Gasteiger partial charge in [0.25, 0.3) is 5.91 Å². The van der Waals surface area contributed by atoms with E-state index >= 15 is 0 Å². The number of rotatable bonds is 5. The van der Waals surface area contributed by atoms with Crippen LogP contribution in [0.15, 0.2) is 11.6 Å². The Hall–Kier alpha value is -2.06. The molecule has 1 aromatic rings. The number of aromatic nitrogens is 1. The molecule has 0 bridgehead atoms. The van der Waals surface area contributed by atoms with Gasteiger partial charge >= 0.3 is 0 Å². The molecule has 1 saturated carbocycles. The number of carbonyl (C=O) groups is 1. The van der Waals surface area contributed by atoms with Gasteiger partial charge in [0.2, 0.25) is 0 Å². The maximum absolute atomic E-state index is 12.5. The SMILES string of the molecule is Cc1cc(/C=C(/C#N)C(=O)NCC2CCCCO2)c(C)n1C1CCCCC1. The standard InChI is InChI=1S/C22H31N3O2/c1-16-12-18(17(2)25(16)20-8-4-3-5-9-20)13-19(14-23)22(26)24-15-21-10-6-7-11-27-21/h12-13,20-21H,3-11,15H2,1-2H3,(H,24,26)/b19-13-. The minimum Gasteiger partial charge on any atom is -0.376 e. The molecular formula is C22H31N3O2. The second kappa shape index (κ2) is 9.23. The number of carbonyl (C=O) groups excluding carboxylic acids is 1. The van der Waals surface area contributed by atoms with E-state index in [-0.39, 0.29) is 17.6 Å². The maximum Gasteiger partial charge on any atom is 0.262 e. The fraction of sp³-hybridized carbons (Fsp3) is 0.636. The molecule has 1 N–H and O–H groups in total. The van der Waals surface area contributed by atoms with Gasteiger partial charge in [-0.05, 0) is 63.7 Å². The first-order valence-electron chi connectivity index (χ1n) is 10.3. The average Bonchev–Trinajstić information content (AvgIpc) is 2.98. The molecule has 2 fully saturated rings. The molecule has 1 aliphatic carbocycles. The van der Waals surface area contributed by atoms with Crippen molar-refractivity contribution in [1.82, 2.24) is 9.88 Å². The van der Waals surface area contributed by atoms with Crippen LogP contribution in [0.3, 0.4) is 0 Å². The Morgan fingerprint density at radius 3 is 2.67 bits per heavy atom. The number of hydrogen-bond acceptors (Lipinski definition) is 3. The van der Waals surface area contributed by atoms with Crippen LogP contribution in [-0.4, -0.2) is 29.7 Å². The zero-order chi connectivity index (χ0) is 19.2. The first-order valence-corrected chi connectivity index (χ1v) is 10.3. The highest BCUT2D eigenvalue weighted by molar-refractivity contribution is 6.01. The van der Waals surface area contributed by atoms with Crippen molar-refractivity contribution < 1.29 is 9.53 Å². The molecule has 1 aliphatic heterocycles. The molecule has 1 unspecified atom stereocenters. The van der Waals surface area contributed by atoms with Crippen molar-refractivity contribution in [3.05, 3.63) is 28.6 Å². The van der Waals surface area contributed by atoms with Gasteiger partial charge in [-0.2, -0.15) is 5.26 Å². The van der Waals surface area contributed by atoms with Crippen LogP contribution in [0, 0.1) is 25.2 Å². The van der Waals surface area contributed by atoms with E-state index in [0.29, 0.717) is 12.6 Å². The van der Waals surface area contributed by atoms with Crippen LogP contribution in [0.2, 0.25) is 0 Å². The summed E-state index contributed by atoms with van der Waals surface area (Å²) in [5.41, 5.74) is 3.49. The maximum atomic E-state index is 12.5. The molecule has 0 aromatic carbocycles. The monoisotopic (exact) mass is 369 g/mol. The third kappa shape index (κ3) is 4.81. The lowest BCUT2D eigenvalue weighted by atomic mass is 9.95. The van der Waals surface area contributed by atoms with E-state index in [1.807, 2.05) is 0 Å². The van der Waals surface area contributed by atoms with Gasteiger partial charge in [0.1, 0.15) is 11.6 Å². The number of aryl methyl sites for hydroxylation is 1. The molecule has 5 heteroatoms. The molecule has 5 nitrogen and oxygen atoms in total. The molecular weight excluding hydrogens is 338 g/mol. The summed E-state index contributed by atoms with van der Waals surface area (Å²) < 4.78 is 8.04. The Balaban J connectivity index is 1.71. The summed E-state index contributed by atoms with van der Waals surface area (Å²) in [4.78, 5) is 12.5. The van der Waals surface area contributed by atoms with Gasteiger partial charge in [-0.25, -0.2) is 0 Å². The van der Waals surface area contributed by atoms with Gasteiger partial charge in [-0.1, -0.05) is 19.3 Å². The first-order chi connectivity index (χ1) is 13.1. The van der Waals surface area contributed by atoms with E-state index in [2.05, 4.69) is 35.9 Å². The van der Waals surface area contributed by atoms with Crippen molar-refractivity contribution >= 4 is 12.0 Å². The van der Waals surface area contributed by atoms with E-state index in [9.17, 15) is 10.1 Å². The summed E-state index contributed by atoms with van der Waals surface area (Å²) in [6, 6.07) is 4.71. The van der Waals surface area contributed by atoms with E-state index < -0.39 is 0 Å². The van der Waals surface area contributed by atoms with Gasteiger partial charge in [-0.3, -0.25) is 4.79 Å². The number of ether oxygens (including phenoxy) is 1. The zero-order valence-corrected chi connectivity index (χ0v) is 16.6. The van der Waals surface area contributed by atoms with Crippen LogP contribution in [-0.2, 0) is 9.53 Å². The van der Waals surface area contributed by atoms with Crippen molar-refractivity contribution in [3.63, 3.8) is 0 Å². The normalized spacial score (nSPS) is 21.7. The number of nitriles is 1. The van der Waals surface area contributed by atoms with Gasteiger partial charge < -0.3 is 14.6 Å². The van der Waals surface area contributed by atoms with Gasteiger partial charge in [0.15, 0.2) is 0 Å². The molecule has 1 atom stereocenters. The molecule has 0 radical (unpaired) electrons. The molecule has 1 saturated heterocycles. The third-order valence-corrected chi connectivity index (χ3v) is 5.89. The zero-order valence-electron chi connectivity index (χ0n) is 16.6. The summed E-state index contributed by atoms with van der Waals surface area (Å²) in [6.45, 7) is 5.44. The Labute approximate surface area is 162 Å². The Morgan fingerprint density at radius 2 is 2.00 bits per heavy atom. The number of hydrogen-bond donors (Lipinski definition) is 1. The van der Waals surface area contributed by atoms with Gasteiger partial charge in [-0.15, -0.1) is 0 Å². The van der Waals surface area contributed by atoms with Crippen LogP contribution in [0.1, 0.15) is 74.4 Å². The number of nitrogens with one attached hydrogen (secondary N) is 1. The molecule has 3 rings (SSSR count). The number of amides is 1. The third-order valence-electron chi connectivity index (χ3n) is 5.89. The summed E-state index contributed by atoms with van der Waals surface area (Å²) in [6.07, 6.45) is 11.3. The molecule has 2 heterocycles. The largest absolute Gasteiger partial charge is 0.376 e. The molecule has 27 heavy (non-hydrogen) atoms. The fourth-order valence-corrected chi connectivity index (χ4v) is 4.42. The summed E-state index contributed by atoms with van der Waals surface area (Å²) in [5.74, 6) is -0.311. The minimum atomic E-state index is -0.311. The second-order valence-electron chi connectivity index (χ2n) is 7.86. The van der Waals surface area contributed by atoms with Crippen LogP contribution < -0.4 is 5.32 Å². The Bertz CT molecular complexity index is 729. The molecule has 1 amide bonds. The first kappa shape index (κ1) is 19.7. The minimum absolute atomic E-state index is 0.0685. The smallest absolute Gasteiger partial charge is 0.262 e. The van der Waals surface area contributed by atoms with E-state index in [0.717, 1.165) is 37.1 Å². The van der Waals surface area contributed by atoms with E-state index in [1.54, 1.807) is 6.08 Å². The number of nitrogens with zero attached hydrogens (tertiary/aromatic N) is 2. The van der Waals surface area contributed by atoms with Crippen molar-refractivity contribution in [2.45, 2.75) is 77.4 Å². The van der Waals surface area contributed by atoms with Gasteiger partial charge in [0, 0.05) is 30.6 Å². The van der Waals surface area contributed by atoms with E-state index in [4.69, 9.17) is 4.74 Å². The Morgan fingerprint density at radius 1 is 1.26 bits per heavy atom. The van der Waals surface area contributed by atoms with Gasteiger partial charge in [0.05, 0.1) is 6.10 Å². The highest BCUT2D eigenvalue weighted by Crippen LogP contribution is 2.32. The molecule has 0 spiro atoms. The predicted molar refractivity (Wildman–Crippen MR) is 106 cm³/mol. The molecule has 1 aromatic heterocycles. The summed E-state index contributed by atoms with van der Waals surface area (Å²) in [7, 11) is 0. The fourth-order valence-electron chi connectivity index (χ4n) is 4.42.